The van der Waals surface area contributed by atoms with Gasteiger partial charge in [-0.3, -0.25) is 9.89 Å². The van der Waals surface area contributed by atoms with Gasteiger partial charge in [0.25, 0.3) is 0 Å². The summed E-state index contributed by atoms with van der Waals surface area (Å²) in [5.74, 6) is 0.766. The van der Waals surface area contributed by atoms with Crippen molar-refractivity contribution in [2.75, 3.05) is 46.4 Å². The molecule has 8 nitrogen and oxygen atoms in total. The van der Waals surface area contributed by atoms with Crippen LogP contribution in [0, 0.1) is 0 Å². The topological polar surface area (TPSA) is 79.6 Å². The summed E-state index contributed by atoms with van der Waals surface area (Å²) < 4.78 is 7.13. The Morgan fingerprint density at radius 1 is 1.19 bits per heavy atom. The van der Waals surface area contributed by atoms with E-state index in [9.17, 15) is 0 Å². The highest BCUT2D eigenvalue weighted by Crippen LogP contribution is 2.05. The summed E-state index contributed by atoms with van der Waals surface area (Å²) in [5.41, 5.74) is 1.86. The van der Waals surface area contributed by atoms with Gasteiger partial charge in [-0.25, -0.2) is 4.68 Å². The van der Waals surface area contributed by atoms with Crippen LogP contribution in [0.4, 0.5) is 0 Å². The molecule has 0 atom stereocenters. The summed E-state index contributed by atoms with van der Waals surface area (Å²) in [4.78, 5) is 6.63. The molecule has 0 aliphatic carbocycles. The van der Waals surface area contributed by atoms with Gasteiger partial charge in [0.1, 0.15) is 5.69 Å². The Morgan fingerprint density at radius 2 is 1.96 bits per heavy atom. The van der Waals surface area contributed by atoms with E-state index in [2.05, 4.69) is 30.8 Å². The van der Waals surface area contributed by atoms with E-state index in [4.69, 9.17) is 4.74 Å². The Balaban J connectivity index is 0.00000243. The molecule has 0 saturated carbocycles. The third kappa shape index (κ3) is 6.22. The van der Waals surface area contributed by atoms with Crippen molar-refractivity contribution < 1.29 is 4.74 Å². The molecule has 0 spiro atoms. The number of benzene rings is 1. The molecule has 1 aromatic heterocycles. The third-order valence-corrected chi connectivity index (χ3v) is 4.05. The van der Waals surface area contributed by atoms with Crippen LogP contribution in [0.25, 0.3) is 5.69 Å². The molecule has 0 amide bonds. The molecule has 2 heterocycles. The van der Waals surface area contributed by atoms with Crippen LogP contribution in [0.2, 0.25) is 0 Å². The average Bonchev–Trinajstić information content (AvgIpc) is 3.15. The van der Waals surface area contributed by atoms with Gasteiger partial charge in [-0.2, -0.15) is 0 Å². The minimum Gasteiger partial charge on any atom is -0.379 e. The number of hydrogen-bond donors (Lipinski definition) is 2. The second-order valence-electron chi connectivity index (χ2n) is 5.80. The monoisotopic (exact) mass is 471 g/mol. The number of halogens is 1. The zero-order valence-electron chi connectivity index (χ0n) is 15.0. The fourth-order valence-electron chi connectivity index (χ4n) is 2.64. The number of para-hydroxylation sites is 1. The first-order valence-electron chi connectivity index (χ1n) is 8.56. The number of hydrogen-bond acceptors (Lipinski definition) is 5. The molecule has 2 N–H and O–H groups in total. The zero-order chi connectivity index (χ0) is 17.3. The molecule has 1 fully saturated rings. The number of aliphatic imine (C=N–C) groups is 1. The van der Waals surface area contributed by atoms with Gasteiger partial charge in [-0.05, 0) is 12.1 Å². The van der Waals surface area contributed by atoms with E-state index in [0.717, 1.165) is 56.7 Å². The minimum atomic E-state index is 0. The molecule has 3 rings (SSSR count). The number of ether oxygens (including phenoxy) is 1. The van der Waals surface area contributed by atoms with Gasteiger partial charge in [0.05, 0.1) is 31.6 Å². The lowest BCUT2D eigenvalue weighted by atomic mass is 10.3. The van der Waals surface area contributed by atoms with E-state index in [-0.39, 0.29) is 24.0 Å². The van der Waals surface area contributed by atoms with Gasteiger partial charge >= 0.3 is 0 Å². The number of rotatable bonds is 6. The predicted octanol–water partition coefficient (Wildman–Crippen LogP) is 0.883. The first-order chi connectivity index (χ1) is 12.3. The molecule has 26 heavy (non-hydrogen) atoms. The second-order valence-corrected chi connectivity index (χ2v) is 5.80. The van der Waals surface area contributed by atoms with E-state index in [0.29, 0.717) is 6.54 Å². The fourth-order valence-corrected chi connectivity index (χ4v) is 2.64. The minimum absolute atomic E-state index is 0. The number of guanidine groups is 1. The van der Waals surface area contributed by atoms with E-state index in [1.54, 1.807) is 11.7 Å². The Labute approximate surface area is 171 Å². The SMILES string of the molecule is CN=C(NCCN1CCOCC1)NCc1cn(-c2ccccc2)nn1.I. The van der Waals surface area contributed by atoms with Crippen molar-refractivity contribution in [2.45, 2.75) is 6.54 Å². The molecule has 0 unspecified atom stereocenters. The molecular weight excluding hydrogens is 445 g/mol. The normalized spacial score (nSPS) is 15.3. The van der Waals surface area contributed by atoms with Gasteiger partial charge in [-0.15, -0.1) is 29.1 Å². The number of nitrogens with zero attached hydrogens (tertiary/aromatic N) is 5. The standard InChI is InChI=1S/C17H25N7O.HI/c1-18-17(19-7-8-23-9-11-25-12-10-23)20-13-15-14-24(22-21-15)16-5-3-2-4-6-16;/h2-6,14H,7-13H2,1H3,(H2,18,19,20);1H. The molecule has 142 valence electrons. The van der Waals surface area contributed by atoms with Crippen LogP contribution in [-0.4, -0.2) is 72.3 Å². The van der Waals surface area contributed by atoms with Gasteiger partial charge in [0.2, 0.25) is 0 Å². The van der Waals surface area contributed by atoms with Crippen molar-refractivity contribution in [1.29, 1.82) is 0 Å². The van der Waals surface area contributed by atoms with E-state index >= 15 is 0 Å². The summed E-state index contributed by atoms with van der Waals surface area (Å²) in [6.45, 7) is 6.04. The number of nitrogens with one attached hydrogen (secondary N) is 2. The van der Waals surface area contributed by atoms with E-state index < -0.39 is 0 Å². The molecular formula is C17H26IN7O. The highest BCUT2D eigenvalue weighted by molar-refractivity contribution is 14.0. The van der Waals surface area contributed by atoms with Crippen molar-refractivity contribution in [1.82, 2.24) is 30.5 Å². The lowest BCUT2D eigenvalue weighted by molar-refractivity contribution is 0.0389. The molecule has 1 aliphatic rings. The Morgan fingerprint density at radius 3 is 2.69 bits per heavy atom. The van der Waals surface area contributed by atoms with Crippen LogP contribution in [0.1, 0.15) is 5.69 Å². The maximum Gasteiger partial charge on any atom is 0.191 e. The maximum absolute atomic E-state index is 5.36. The molecule has 9 heteroatoms. The fraction of sp³-hybridized carbons (Fsp3) is 0.471. The largest absolute Gasteiger partial charge is 0.379 e. The van der Waals surface area contributed by atoms with Crippen molar-refractivity contribution >= 4 is 29.9 Å². The van der Waals surface area contributed by atoms with Crippen molar-refractivity contribution in [3.05, 3.63) is 42.2 Å². The Kier molecular flexibility index (Phi) is 8.78. The van der Waals surface area contributed by atoms with Crippen LogP contribution in [0.5, 0.6) is 0 Å². The molecule has 1 aliphatic heterocycles. The maximum atomic E-state index is 5.36. The summed E-state index contributed by atoms with van der Waals surface area (Å²) in [6.07, 6.45) is 1.92. The highest BCUT2D eigenvalue weighted by Gasteiger charge is 2.10. The third-order valence-electron chi connectivity index (χ3n) is 4.05. The number of aromatic nitrogens is 3. The molecule has 1 saturated heterocycles. The van der Waals surface area contributed by atoms with Crippen LogP contribution in [0.3, 0.4) is 0 Å². The first-order valence-corrected chi connectivity index (χ1v) is 8.56. The average molecular weight is 471 g/mol. The molecule has 0 radical (unpaired) electrons. The zero-order valence-corrected chi connectivity index (χ0v) is 17.3. The van der Waals surface area contributed by atoms with Crippen LogP contribution >= 0.6 is 24.0 Å². The van der Waals surface area contributed by atoms with E-state index in [1.807, 2.05) is 36.5 Å². The lowest BCUT2D eigenvalue weighted by Gasteiger charge is -2.26. The molecule has 1 aromatic carbocycles. The number of morpholine rings is 1. The Hall–Kier alpha value is -1.72. The van der Waals surface area contributed by atoms with Crippen molar-refractivity contribution in [2.24, 2.45) is 4.99 Å². The highest BCUT2D eigenvalue weighted by atomic mass is 127. The summed E-state index contributed by atoms with van der Waals surface area (Å²) in [5, 5.41) is 15.0. The van der Waals surface area contributed by atoms with Crippen LogP contribution in [-0.2, 0) is 11.3 Å². The molecule has 0 bridgehead atoms. The Bertz CT molecular complexity index is 671. The van der Waals surface area contributed by atoms with Crippen LogP contribution in [0.15, 0.2) is 41.5 Å². The van der Waals surface area contributed by atoms with Crippen LogP contribution < -0.4 is 10.6 Å². The predicted molar refractivity (Wildman–Crippen MR) is 112 cm³/mol. The van der Waals surface area contributed by atoms with Gasteiger partial charge in [-0.1, -0.05) is 23.4 Å². The summed E-state index contributed by atoms with van der Waals surface area (Å²) in [7, 11) is 1.77. The van der Waals surface area contributed by atoms with Gasteiger partial charge in [0.15, 0.2) is 5.96 Å². The van der Waals surface area contributed by atoms with Crippen molar-refractivity contribution in [3.63, 3.8) is 0 Å². The second kappa shape index (κ2) is 11.1. The first kappa shape index (κ1) is 20.6. The van der Waals surface area contributed by atoms with Gasteiger partial charge in [0, 0.05) is 33.2 Å². The molecule has 2 aromatic rings. The lowest BCUT2D eigenvalue weighted by Crippen LogP contribution is -2.44. The smallest absolute Gasteiger partial charge is 0.191 e. The van der Waals surface area contributed by atoms with Crippen molar-refractivity contribution in [3.8, 4) is 5.69 Å². The van der Waals surface area contributed by atoms with Gasteiger partial charge < -0.3 is 15.4 Å². The quantitative estimate of drug-likeness (QED) is 0.370. The van der Waals surface area contributed by atoms with E-state index in [1.165, 1.54) is 0 Å². The summed E-state index contributed by atoms with van der Waals surface area (Å²) in [6, 6.07) is 9.94. The summed E-state index contributed by atoms with van der Waals surface area (Å²) >= 11 is 0.